The lowest BCUT2D eigenvalue weighted by atomic mass is 10.1. The van der Waals surface area contributed by atoms with Crippen LogP contribution in [-0.2, 0) is 22.2 Å². The van der Waals surface area contributed by atoms with Crippen molar-refractivity contribution >= 4 is 14.4 Å². The molecule has 170 valence electrons. The molecule has 0 radical (unpaired) electrons. The summed E-state index contributed by atoms with van der Waals surface area (Å²) in [5.74, 6) is 0.814. The highest BCUT2D eigenvalue weighted by Crippen LogP contribution is 2.31. The number of nitrogens with two attached hydrogens (primary N) is 1. The minimum atomic E-state index is -1.97. The maximum absolute atomic E-state index is 13.7. The second-order valence-electron chi connectivity index (χ2n) is 6.85. The molecule has 0 aliphatic heterocycles. The van der Waals surface area contributed by atoms with Gasteiger partial charge in [-0.05, 0) is 29.8 Å². The van der Waals surface area contributed by atoms with Crippen LogP contribution in [-0.4, -0.2) is 22.1 Å². The Labute approximate surface area is 190 Å². The first kappa shape index (κ1) is 22.8. The van der Waals surface area contributed by atoms with Crippen molar-refractivity contribution in [1.29, 1.82) is 0 Å². The molecule has 33 heavy (non-hydrogen) atoms. The number of hydrogen-bond donors (Lipinski definition) is 2. The van der Waals surface area contributed by atoms with Gasteiger partial charge in [0.15, 0.2) is 24.1 Å². The first-order valence-electron chi connectivity index (χ1n) is 9.80. The van der Waals surface area contributed by atoms with E-state index >= 15 is 0 Å². The summed E-state index contributed by atoms with van der Waals surface area (Å²) in [6, 6.07) is 15.0. The predicted molar refractivity (Wildman–Crippen MR) is 117 cm³/mol. The van der Waals surface area contributed by atoms with E-state index in [1.807, 2.05) is 6.07 Å². The highest BCUT2D eigenvalue weighted by molar-refractivity contribution is 7.40. The van der Waals surface area contributed by atoms with Crippen LogP contribution in [0.15, 0.2) is 71.5 Å². The molecular formula is C22H21FN4O5P+. The van der Waals surface area contributed by atoms with Gasteiger partial charge in [0, 0.05) is 31.9 Å². The number of ether oxygens (including phenoxy) is 1. The number of para-hydroxylation sites is 1. The van der Waals surface area contributed by atoms with Gasteiger partial charge in [0.2, 0.25) is 5.88 Å². The molecule has 0 spiro atoms. The second kappa shape index (κ2) is 10.5. The number of nitrogens with zero attached hydrogens (tertiary/aromatic N) is 3. The molecule has 1 aromatic carbocycles. The lowest BCUT2D eigenvalue weighted by Crippen LogP contribution is -2.37. The number of aromatic nitrogens is 3. The fourth-order valence-corrected chi connectivity index (χ4v) is 3.32. The van der Waals surface area contributed by atoms with Crippen molar-refractivity contribution in [2.75, 3.05) is 12.8 Å². The fourth-order valence-electron chi connectivity index (χ4n) is 3.00. The molecule has 1 unspecified atom stereocenters. The van der Waals surface area contributed by atoms with E-state index in [1.165, 1.54) is 19.2 Å². The zero-order chi connectivity index (χ0) is 23.2. The Bertz CT molecular complexity index is 1220. The summed E-state index contributed by atoms with van der Waals surface area (Å²) in [7, 11) is -0.614. The fraction of sp³-hybridized carbons (Fsp3) is 0.136. The van der Waals surface area contributed by atoms with Crippen molar-refractivity contribution in [3.05, 3.63) is 84.1 Å². The van der Waals surface area contributed by atoms with Gasteiger partial charge in [0.1, 0.15) is 5.56 Å². The molecule has 0 aliphatic carbocycles. The van der Waals surface area contributed by atoms with Crippen LogP contribution in [0.4, 0.5) is 10.2 Å². The summed E-state index contributed by atoms with van der Waals surface area (Å²) >= 11 is 0. The van der Waals surface area contributed by atoms with Gasteiger partial charge in [-0.1, -0.05) is 23.4 Å². The standard InChI is InChI=1S/C22H20FN4O5P/c1-29-33(28)30-14-27-10-4-5-17(22(27)24)20-12-16(26-32-20)11-15-8-9-21(25-13-15)31-19-7-3-2-6-18(19)23/h2-10,12-13,24,28H,11,14H2,1H3/p+1. The third kappa shape index (κ3) is 5.68. The van der Waals surface area contributed by atoms with Crippen LogP contribution in [0.3, 0.4) is 0 Å². The molecule has 0 amide bonds. The van der Waals surface area contributed by atoms with E-state index < -0.39 is 14.4 Å². The molecule has 0 aliphatic rings. The molecule has 9 nitrogen and oxygen atoms in total. The van der Waals surface area contributed by atoms with Crippen molar-refractivity contribution in [1.82, 2.24) is 10.1 Å². The Balaban J connectivity index is 1.43. The summed E-state index contributed by atoms with van der Waals surface area (Å²) in [6.07, 6.45) is 3.82. The Morgan fingerprint density at radius 3 is 2.79 bits per heavy atom. The maximum atomic E-state index is 13.7. The molecule has 3 aromatic heterocycles. The molecule has 0 bridgehead atoms. The average Bonchev–Trinajstić information content (AvgIpc) is 3.29. The molecule has 0 saturated carbocycles. The van der Waals surface area contributed by atoms with Crippen molar-refractivity contribution in [3.63, 3.8) is 0 Å². The number of benzene rings is 1. The molecule has 0 fully saturated rings. The lowest BCUT2D eigenvalue weighted by Gasteiger charge is -2.08. The lowest BCUT2D eigenvalue weighted by molar-refractivity contribution is -0.711. The molecule has 4 rings (SSSR count). The van der Waals surface area contributed by atoms with Crippen LogP contribution in [0.25, 0.3) is 11.3 Å². The summed E-state index contributed by atoms with van der Waals surface area (Å²) in [5, 5.41) is 4.11. The third-order valence-electron chi connectivity index (χ3n) is 4.64. The van der Waals surface area contributed by atoms with Crippen LogP contribution in [0.1, 0.15) is 11.3 Å². The molecular weight excluding hydrogens is 450 g/mol. The molecule has 3 N–H and O–H groups in total. The minimum Gasteiger partial charge on any atom is -0.436 e. The van der Waals surface area contributed by atoms with Gasteiger partial charge >= 0.3 is 8.60 Å². The van der Waals surface area contributed by atoms with Crippen LogP contribution < -0.4 is 15.0 Å². The van der Waals surface area contributed by atoms with E-state index in [9.17, 15) is 9.28 Å². The van der Waals surface area contributed by atoms with Gasteiger partial charge in [-0.15, -0.1) is 0 Å². The number of anilines is 1. The quantitative estimate of drug-likeness (QED) is 0.278. The van der Waals surface area contributed by atoms with Crippen molar-refractivity contribution < 1.29 is 32.2 Å². The smallest absolute Gasteiger partial charge is 0.332 e. The molecule has 11 heteroatoms. The minimum absolute atomic E-state index is 0.0175. The summed E-state index contributed by atoms with van der Waals surface area (Å²) in [4.78, 5) is 13.7. The zero-order valence-electron chi connectivity index (χ0n) is 17.6. The maximum Gasteiger partial charge on any atom is 0.332 e. The van der Waals surface area contributed by atoms with E-state index in [-0.39, 0.29) is 18.4 Å². The number of hydrogen-bond acceptors (Lipinski definition) is 8. The largest absolute Gasteiger partial charge is 0.436 e. The first-order valence-corrected chi connectivity index (χ1v) is 10.9. The van der Waals surface area contributed by atoms with E-state index in [1.54, 1.807) is 53.4 Å². The Morgan fingerprint density at radius 1 is 1.18 bits per heavy atom. The van der Waals surface area contributed by atoms with Crippen molar-refractivity contribution in [3.8, 4) is 23.0 Å². The van der Waals surface area contributed by atoms with Crippen molar-refractivity contribution in [2.45, 2.75) is 13.2 Å². The highest BCUT2D eigenvalue weighted by atomic mass is 31.2. The highest BCUT2D eigenvalue weighted by Gasteiger charge is 2.18. The number of rotatable bonds is 9. The van der Waals surface area contributed by atoms with E-state index in [0.29, 0.717) is 29.3 Å². The van der Waals surface area contributed by atoms with Gasteiger partial charge in [-0.2, -0.15) is 0 Å². The molecule has 3 heterocycles. The van der Waals surface area contributed by atoms with Crippen LogP contribution in [0.2, 0.25) is 0 Å². The second-order valence-corrected chi connectivity index (χ2v) is 7.95. The number of halogens is 1. The monoisotopic (exact) mass is 471 g/mol. The normalized spacial score (nSPS) is 12.0. The molecule has 4 aromatic rings. The third-order valence-corrected chi connectivity index (χ3v) is 5.28. The Hall–Kier alpha value is -3.43. The average molecular weight is 471 g/mol. The topological polar surface area (TPSA) is 117 Å². The zero-order valence-corrected chi connectivity index (χ0v) is 18.5. The Morgan fingerprint density at radius 2 is 2.03 bits per heavy atom. The van der Waals surface area contributed by atoms with Crippen LogP contribution in [0, 0.1) is 5.82 Å². The van der Waals surface area contributed by atoms with Crippen LogP contribution in [0.5, 0.6) is 11.6 Å². The van der Waals surface area contributed by atoms with E-state index in [4.69, 9.17) is 24.0 Å². The summed E-state index contributed by atoms with van der Waals surface area (Å²) in [6.45, 7) is 0.0175. The molecule has 0 saturated heterocycles. The Kier molecular flexibility index (Phi) is 7.21. The number of pyridine rings is 2. The van der Waals surface area contributed by atoms with E-state index in [0.717, 1.165) is 5.56 Å². The first-order chi connectivity index (χ1) is 16.0. The summed E-state index contributed by atoms with van der Waals surface area (Å²) in [5.41, 5.74) is 8.41. The van der Waals surface area contributed by atoms with E-state index in [2.05, 4.69) is 10.1 Å². The predicted octanol–water partition coefficient (Wildman–Crippen LogP) is 3.97. The van der Waals surface area contributed by atoms with Gasteiger partial charge in [-0.3, -0.25) is 10.3 Å². The summed E-state index contributed by atoms with van der Waals surface area (Å²) < 4.78 is 36.2. The van der Waals surface area contributed by atoms with Crippen molar-refractivity contribution in [2.24, 2.45) is 0 Å². The van der Waals surface area contributed by atoms with Gasteiger partial charge in [0.05, 0.1) is 11.9 Å². The number of nitrogen functional groups attached to an aromatic ring is 1. The van der Waals surface area contributed by atoms with Gasteiger partial charge in [0.25, 0.3) is 5.82 Å². The van der Waals surface area contributed by atoms with Crippen LogP contribution >= 0.6 is 8.60 Å². The van der Waals surface area contributed by atoms with Gasteiger partial charge in [-0.25, -0.2) is 13.9 Å². The van der Waals surface area contributed by atoms with Gasteiger partial charge < -0.3 is 18.7 Å². The molecule has 1 atom stereocenters. The SMILES string of the molecule is COP(O)OC[n+]1cccc(-c2cc(Cc3ccc(Oc4ccccc4F)nc3)no2)c1N.